The van der Waals surface area contributed by atoms with E-state index in [9.17, 15) is 0 Å². The predicted molar refractivity (Wildman–Crippen MR) is 75.4 cm³/mol. The van der Waals surface area contributed by atoms with Gasteiger partial charge in [-0.2, -0.15) is 0 Å². The summed E-state index contributed by atoms with van der Waals surface area (Å²) in [6.45, 7) is 0.791. The number of fused-ring (bicyclic) bond motifs is 1. The topological polar surface area (TPSA) is 35.2 Å². The van der Waals surface area contributed by atoms with E-state index in [1.807, 2.05) is 24.3 Å². The number of hydrogen-bond acceptors (Lipinski definition) is 2. The third kappa shape index (κ3) is 2.35. The fourth-order valence-corrected chi connectivity index (χ4v) is 2.25. The molecular weight excluding hydrogens is 246 g/mol. The van der Waals surface area contributed by atoms with E-state index < -0.39 is 0 Å². The largest absolute Gasteiger partial charge is 0.493 e. The third-order valence-corrected chi connectivity index (χ3v) is 3.23. The standard InChI is InChI=1S/C15H15NO.ClH/c16-15(11-4-2-1-3-5-11)13-6-7-14-12(10-13)8-9-17-14;/h1-7,10,15H,8-9,16H2;1H. The first kappa shape index (κ1) is 12.9. The molecule has 0 spiro atoms. The second-order valence-corrected chi connectivity index (χ2v) is 4.35. The molecule has 0 aromatic heterocycles. The lowest BCUT2D eigenvalue weighted by Gasteiger charge is -2.13. The highest BCUT2D eigenvalue weighted by Crippen LogP contribution is 2.29. The van der Waals surface area contributed by atoms with Gasteiger partial charge in [0.25, 0.3) is 0 Å². The SMILES string of the molecule is Cl.NC(c1ccccc1)c1ccc2c(c1)CCO2. The molecule has 1 heterocycles. The number of halogens is 1. The molecule has 2 N–H and O–H groups in total. The van der Waals surface area contributed by atoms with Crippen LogP contribution in [0.3, 0.4) is 0 Å². The Morgan fingerprint density at radius 3 is 2.56 bits per heavy atom. The van der Waals surface area contributed by atoms with Crippen LogP contribution in [0.1, 0.15) is 22.7 Å². The van der Waals surface area contributed by atoms with E-state index >= 15 is 0 Å². The molecule has 0 saturated carbocycles. The maximum atomic E-state index is 6.27. The van der Waals surface area contributed by atoms with E-state index in [0.717, 1.165) is 29.9 Å². The highest BCUT2D eigenvalue weighted by Gasteiger charge is 2.15. The molecule has 18 heavy (non-hydrogen) atoms. The van der Waals surface area contributed by atoms with Crippen molar-refractivity contribution in [2.24, 2.45) is 5.73 Å². The Hall–Kier alpha value is -1.51. The summed E-state index contributed by atoms with van der Waals surface area (Å²) in [5.74, 6) is 1.01. The summed E-state index contributed by atoms with van der Waals surface area (Å²) in [6.07, 6.45) is 0.991. The van der Waals surface area contributed by atoms with Crippen molar-refractivity contribution in [1.29, 1.82) is 0 Å². The molecule has 0 amide bonds. The average Bonchev–Trinajstić information content (AvgIpc) is 2.86. The van der Waals surface area contributed by atoms with Crippen LogP contribution in [0, 0.1) is 0 Å². The maximum absolute atomic E-state index is 6.27. The summed E-state index contributed by atoms with van der Waals surface area (Å²) >= 11 is 0. The molecule has 0 radical (unpaired) electrons. The second kappa shape index (κ2) is 5.42. The molecule has 3 rings (SSSR count). The van der Waals surface area contributed by atoms with Crippen molar-refractivity contribution in [3.8, 4) is 5.75 Å². The quantitative estimate of drug-likeness (QED) is 0.902. The Kier molecular flexibility index (Phi) is 3.90. The van der Waals surface area contributed by atoms with E-state index in [1.165, 1.54) is 5.56 Å². The molecule has 1 atom stereocenters. The smallest absolute Gasteiger partial charge is 0.122 e. The van der Waals surface area contributed by atoms with Crippen molar-refractivity contribution >= 4 is 12.4 Å². The lowest BCUT2D eigenvalue weighted by molar-refractivity contribution is 0.357. The Labute approximate surface area is 113 Å². The van der Waals surface area contributed by atoms with Crippen molar-refractivity contribution in [2.45, 2.75) is 12.5 Å². The summed E-state index contributed by atoms with van der Waals surface area (Å²) in [7, 11) is 0. The second-order valence-electron chi connectivity index (χ2n) is 4.35. The van der Waals surface area contributed by atoms with Crippen molar-refractivity contribution in [1.82, 2.24) is 0 Å². The summed E-state index contributed by atoms with van der Waals surface area (Å²) in [6, 6.07) is 16.4. The molecule has 2 nitrogen and oxygen atoms in total. The maximum Gasteiger partial charge on any atom is 0.122 e. The lowest BCUT2D eigenvalue weighted by Crippen LogP contribution is -2.11. The number of benzene rings is 2. The number of rotatable bonds is 2. The van der Waals surface area contributed by atoms with Crippen molar-refractivity contribution < 1.29 is 4.74 Å². The minimum atomic E-state index is -0.0536. The third-order valence-electron chi connectivity index (χ3n) is 3.23. The zero-order valence-corrected chi connectivity index (χ0v) is 10.8. The first-order valence-corrected chi connectivity index (χ1v) is 5.91. The fourth-order valence-electron chi connectivity index (χ4n) is 2.25. The van der Waals surface area contributed by atoms with Crippen LogP contribution in [0.15, 0.2) is 48.5 Å². The highest BCUT2D eigenvalue weighted by molar-refractivity contribution is 5.85. The van der Waals surface area contributed by atoms with E-state index in [4.69, 9.17) is 10.5 Å². The predicted octanol–water partition coefficient (Wildman–Crippen LogP) is 3.09. The van der Waals surface area contributed by atoms with E-state index in [0.29, 0.717) is 0 Å². The first-order valence-electron chi connectivity index (χ1n) is 5.91. The van der Waals surface area contributed by atoms with Gasteiger partial charge in [0.1, 0.15) is 5.75 Å². The van der Waals surface area contributed by atoms with Gasteiger partial charge in [-0.05, 0) is 22.8 Å². The lowest BCUT2D eigenvalue weighted by atomic mass is 9.97. The summed E-state index contributed by atoms with van der Waals surface area (Å²) in [5, 5.41) is 0. The molecule has 1 aliphatic heterocycles. The molecule has 0 saturated heterocycles. The Morgan fingerprint density at radius 1 is 1.00 bits per heavy atom. The monoisotopic (exact) mass is 261 g/mol. The Morgan fingerprint density at radius 2 is 1.78 bits per heavy atom. The van der Waals surface area contributed by atoms with Gasteiger partial charge in [-0.25, -0.2) is 0 Å². The Balaban J connectivity index is 0.00000120. The van der Waals surface area contributed by atoms with Gasteiger partial charge in [-0.1, -0.05) is 42.5 Å². The molecule has 0 aliphatic carbocycles. The van der Waals surface area contributed by atoms with Crippen LogP contribution in [0.25, 0.3) is 0 Å². The van der Waals surface area contributed by atoms with E-state index in [1.54, 1.807) is 0 Å². The van der Waals surface area contributed by atoms with E-state index in [-0.39, 0.29) is 18.4 Å². The van der Waals surface area contributed by atoms with Crippen LogP contribution < -0.4 is 10.5 Å². The molecule has 94 valence electrons. The fraction of sp³-hybridized carbons (Fsp3) is 0.200. The molecule has 0 fully saturated rings. The number of ether oxygens (including phenoxy) is 1. The van der Waals surface area contributed by atoms with Gasteiger partial charge in [-0.15, -0.1) is 12.4 Å². The van der Waals surface area contributed by atoms with Gasteiger partial charge in [-0.3, -0.25) is 0 Å². The number of nitrogens with two attached hydrogens (primary N) is 1. The zero-order valence-electron chi connectivity index (χ0n) is 10.0. The molecule has 1 aliphatic rings. The van der Waals surface area contributed by atoms with Crippen LogP contribution in [0.2, 0.25) is 0 Å². The summed E-state index contributed by atoms with van der Waals surface area (Å²) in [5.41, 5.74) is 9.84. The van der Waals surface area contributed by atoms with Gasteiger partial charge in [0, 0.05) is 6.42 Å². The van der Waals surface area contributed by atoms with Crippen LogP contribution in [-0.2, 0) is 6.42 Å². The molecular formula is C15H16ClNO. The molecule has 2 aromatic carbocycles. The summed E-state index contributed by atoms with van der Waals surface area (Å²) in [4.78, 5) is 0. The first-order chi connectivity index (χ1) is 8.34. The average molecular weight is 262 g/mol. The van der Waals surface area contributed by atoms with Crippen molar-refractivity contribution in [2.75, 3.05) is 6.61 Å². The van der Waals surface area contributed by atoms with Crippen LogP contribution in [0.4, 0.5) is 0 Å². The highest BCUT2D eigenvalue weighted by atomic mass is 35.5. The molecule has 0 bridgehead atoms. The molecule has 3 heteroatoms. The number of hydrogen-bond donors (Lipinski definition) is 1. The molecule has 1 unspecified atom stereocenters. The van der Waals surface area contributed by atoms with Gasteiger partial charge in [0.2, 0.25) is 0 Å². The van der Waals surface area contributed by atoms with Crippen molar-refractivity contribution in [3.05, 3.63) is 65.2 Å². The van der Waals surface area contributed by atoms with Crippen LogP contribution in [-0.4, -0.2) is 6.61 Å². The Bertz CT molecular complexity index is 527. The van der Waals surface area contributed by atoms with Gasteiger partial charge in [0.15, 0.2) is 0 Å². The van der Waals surface area contributed by atoms with Crippen molar-refractivity contribution in [3.63, 3.8) is 0 Å². The van der Waals surface area contributed by atoms with Gasteiger partial charge >= 0.3 is 0 Å². The zero-order chi connectivity index (χ0) is 11.7. The molecule has 2 aromatic rings. The van der Waals surface area contributed by atoms with E-state index in [2.05, 4.69) is 24.3 Å². The van der Waals surface area contributed by atoms with Crippen LogP contribution in [0.5, 0.6) is 5.75 Å². The minimum Gasteiger partial charge on any atom is -0.493 e. The van der Waals surface area contributed by atoms with Gasteiger partial charge < -0.3 is 10.5 Å². The van der Waals surface area contributed by atoms with Crippen LogP contribution >= 0.6 is 12.4 Å². The normalized spacial score (nSPS) is 14.3. The minimum absolute atomic E-state index is 0. The summed E-state index contributed by atoms with van der Waals surface area (Å²) < 4.78 is 5.50. The van der Waals surface area contributed by atoms with Gasteiger partial charge in [0.05, 0.1) is 12.6 Å².